The second-order valence-corrected chi connectivity index (χ2v) is 8.75. The Labute approximate surface area is 179 Å². The van der Waals surface area contributed by atoms with Crippen molar-refractivity contribution in [3.63, 3.8) is 0 Å². The zero-order valence-corrected chi connectivity index (χ0v) is 17.9. The first-order chi connectivity index (χ1) is 14.6. The van der Waals surface area contributed by atoms with Gasteiger partial charge in [0, 0.05) is 12.6 Å². The zero-order chi connectivity index (χ0) is 20.9. The smallest absolute Gasteiger partial charge is 0.250 e. The molecule has 1 saturated carbocycles. The third-order valence-electron chi connectivity index (χ3n) is 6.60. The lowest BCUT2D eigenvalue weighted by molar-refractivity contribution is -0.158. The van der Waals surface area contributed by atoms with Crippen molar-refractivity contribution in [1.82, 2.24) is 9.80 Å². The van der Waals surface area contributed by atoms with Gasteiger partial charge in [0.1, 0.15) is 12.6 Å². The molecule has 0 N–H and O–H groups in total. The van der Waals surface area contributed by atoms with Crippen molar-refractivity contribution in [3.8, 4) is 0 Å². The standard InChI is InChI=1S/C26H32N2O2/c1-20-13-15-22(16-14-20)25-26(30)28(23-11-7-2-3-8-12-23)19-24(29)27(25)18-17-21-9-5-4-6-10-21/h4-6,9-10,13-16,23,25H,2-3,7-8,11-12,17-19H2,1H3/t25-/m1/s1. The summed E-state index contributed by atoms with van der Waals surface area (Å²) >= 11 is 0. The molecule has 2 fully saturated rings. The van der Waals surface area contributed by atoms with Crippen LogP contribution in [0.4, 0.5) is 0 Å². The van der Waals surface area contributed by atoms with Gasteiger partial charge in [-0.25, -0.2) is 0 Å². The van der Waals surface area contributed by atoms with E-state index in [2.05, 4.69) is 12.1 Å². The van der Waals surface area contributed by atoms with Gasteiger partial charge in [0.15, 0.2) is 0 Å². The third kappa shape index (κ3) is 4.58. The molecule has 2 aromatic rings. The molecule has 0 bridgehead atoms. The van der Waals surface area contributed by atoms with Crippen LogP contribution in [0.3, 0.4) is 0 Å². The van der Waals surface area contributed by atoms with Gasteiger partial charge in [0.05, 0.1) is 0 Å². The first-order valence-electron chi connectivity index (χ1n) is 11.3. The monoisotopic (exact) mass is 404 g/mol. The molecule has 1 atom stereocenters. The summed E-state index contributed by atoms with van der Waals surface area (Å²) in [6.45, 7) is 2.83. The van der Waals surface area contributed by atoms with Crippen LogP contribution in [0.5, 0.6) is 0 Å². The summed E-state index contributed by atoms with van der Waals surface area (Å²) in [6.07, 6.45) is 7.55. The fourth-order valence-electron chi connectivity index (χ4n) is 4.85. The average Bonchev–Trinajstić information content (AvgIpc) is 3.05. The first kappa shape index (κ1) is 20.6. The highest BCUT2D eigenvalue weighted by Crippen LogP contribution is 2.32. The van der Waals surface area contributed by atoms with E-state index < -0.39 is 6.04 Å². The van der Waals surface area contributed by atoms with Crippen molar-refractivity contribution >= 4 is 11.8 Å². The van der Waals surface area contributed by atoms with Gasteiger partial charge >= 0.3 is 0 Å². The van der Waals surface area contributed by atoms with E-state index in [1.54, 1.807) is 0 Å². The Morgan fingerprint density at radius 3 is 2.20 bits per heavy atom. The fraction of sp³-hybridized carbons (Fsp3) is 0.462. The van der Waals surface area contributed by atoms with Gasteiger partial charge in [0.25, 0.3) is 5.91 Å². The molecule has 0 radical (unpaired) electrons. The van der Waals surface area contributed by atoms with Crippen LogP contribution < -0.4 is 0 Å². The Balaban J connectivity index is 1.60. The average molecular weight is 405 g/mol. The molecule has 0 spiro atoms. The zero-order valence-electron chi connectivity index (χ0n) is 17.9. The van der Waals surface area contributed by atoms with Crippen LogP contribution in [-0.2, 0) is 16.0 Å². The minimum atomic E-state index is -0.515. The minimum Gasteiger partial charge on any atom is -0.328 e. The summed E-state index contributed by atoms with van der Waals surface area (Å²) in [7, 11) is 0. The second-order valence-electron chi connectivity index (χ2n) is 8.75. The molecule has 4 nitrogen and oxygen atoms in total. The van der Waals surface area contributed by atoms with E-state index in [1.807, 2.05) is 59.2 Å². The van der Waals surface area contributed by atoms with Crippen molar-refractivity contribution in [3.05, 3.63) is 71.3 Å². The number of hydrogen-bond acceptors (Lipinski definition) is 2. The molecular weight excluding hydrogens is 372 g/mol. The second kappa shape index (κ2) is 9.46. The topological polar surface area (TPSA) is 40.6 Å². The minimum absolute atomic E-state index is 0.0698. The molecule has 4 heteroatoms. The Kier molecular flexibility index (Phi) is 6.51. The predicted molar refractivity (Wildman–Crippen MR) is 119 cm³/mol. The van der Waals surface area contributed by atoms with Crippen LogP contribution in [-0.4, -0.2) is 40.7 Å². The first-order valence-corrected chi connectivity index (χ1v) is 11.3. The van der Waals surface area contributed by atoms with Crippen molar-refractivity contribution in [2.75, 3.05) is 13.1 Å². The summed E-state index contributed by atoms with van der Waals surface area (Å²) in [4.78, 5) is 30.7. The molecule has 158 valence electrons. The number of hydrogen-bond donors (Lipinski definition) is 0. The molecule has 0 unspecified atom stereocenters. The van der Waals surface area contributed by atoms with Crippen molar-refractivity contribution < 1.29 is 9.59 Å². The summed E-state index contributed by atoms with van der Waals surface area (Å²) in [6, 6.07) is 18.0. The van der Waals surface area contributed by atoms with Gasteiger partial charge in [-0.1, -0.05) is 85.8 Å². The van der Waals surface area contributed by atoms with Gasteiger partial charge in [-0.3, -0.25) is 9.59 Å². The lowest BCUT2D eigenvalue weighted by Gasteiger charge is -2.43. The van der Waals surface area contributed by atoms with E-state index in [1.165, 1.54) is 18.4 Å². The number of rotatable bonds is 5. The Morgan fingerprint density at radius 1 is 0.867 bits per heavy atom. The molecule has 2 aromatic carbocycles. The maximum atomic E-state index is 13.7. The van der Waals surface area contributed by atoms with Crippen molar-refractivity contribution in [2.45, 2.75) is 64.0 Å². The number of amides is 2. The molecule has 1 aliphatic heterocycles. The molecule has 30 heavy (non-hydrogen) atoms. The van der Waals surface area contributed by atoms with Crippen LogP contribution in [0.1, 0.15) is 61.3 Å². The van der Waals surface area contributed by atoms with Gasteiger partial charge in [-0.05, 0) is 37.3 Å². The van der Waals surface area contributed by atoms with Crippen LogP contribution >= 0.6 is 0 Å². The highest BCUT2D eigenvalue weighted by molar-refractivity contribution is 5.95. The number of nitrogens with zero attached hydrogens (tertiary/aromatic N) is 2. The van der Waals surface area contributed by atoms with Gasteiger partial charge in [-0.2, -0.15) is 0 Å². The number of aryl methyl sites for hydroxylation is 1. The summed E-state index contributed by atoms with van der Waals surface area (Å²) in [5.74, 6) is 0.166. The molecule has 1 saturated heterocycles. The van der Waals surface area contributed by atoms with E-state index >= 15 is 0 Å². The van der Waals surface area contributed by atoms with Crippen LogP contribution in [0, 0.1) is 6.92 Å². The molecule has 1 heterocycles. The van der Waals surface area contributed by atoms with Gasteiger partial charge in [-0.15, -0.1) is 0 Å². The largest absolute Gasteiger partial charge is 0.328 e. The lowest BCUT2D eigenvalue weighted by Crippen LogP contribution is -2.58. The molecular formula is C26H32N2O2. The molecule has 0 aromatic heterocycles. The lowest BCUT2D eigenvalue weighted by atomic mass is 9.96. The van der Waals surface area contributed by atoms with E-state index in [4.69, 9.17) is 0 Å². The maximum Gasteiger partial charge on any atom is 0.250 e. The molecule has 1 aliphatic carbocycles. The number of piperazine rings is 1. The number of carbonyl (C=O) groups is 2. The van der Waals surface area contributed by atoms with E-state index in [0.29, 0.717) is 6.54 Å². The molecule has 4 rings (SSSR count). The maximum absolute atomic E-state index is 13.7. The summed E-state index contributed by atoms with van der Waals surface area (Å²) in [5, 5.41) is 0. The van der Waals surface area contributed by atoms with E-state index in [9.17, 15) is 9.59 Å². The highest BCUT2D eigenvalue weighted by atomic mass is 16.2. The van der Waals surface area contributed by atoms with E-state index in [0.717, 1.165) is 43.2 Å². The number of carbonyl (C=O) groups excluding carboxylic acids is 2. The highest BCUT2D eigenvalue weighted by Gasteiger charge is 2.42. The summed E-state index contributed by atoms with van der Waals surface area (Å²) < 4.78 is 0. The molecule has 2 amide bonds. The summed E-state index contributed by atoms with van der Waals surface area (Å²) in [5.41, 5.74) is 3.27. The quantitative estimate of drug-likeness (QED) is 0.680. The van der Waals surface area contributed by atoms with Gasteiger partial charge < -0.3 is 9.80 Å². The van der Waals surface area contributed by atoms with Crippen LogP contribution in [0.15, 0.2) is 54.6 Å². The Bertz CT molecular complexity index is 854. The van der Waals surface area contributed by atoms with Crippen molar-refractivity contribution in [1.29, 1.82) is 0 Å². The van der Waals surface area contributed by atoms with Crippen LogP contribution in [0.25, 0.3) is 0 Å². The SMILES string of the molecule is Cc1ccc([C@@H]2C(=O)N(C3CCCCCC3)CC(=O)N2CCc2ccccc2)cc1. The predicted octanol–water partition coefficient (Wildman–Crippen LogP) is 4.67. The van der Waals surface area contributed by atoms with E-state index in [-0.39, 0.29) is 24.4 Å². The fourth-order valence-corrected chi connectivity index (χ4v) is 4.85. The Morgan fingerprint density at radius 2 is 1.53 bits per heavy atom. The normalized spacial score (nSPS) is 21.0. The van der Waals surface area contributed by atoms with Crippen molar-refractivity contribution in [2.24, 2.45) is 0 Å². The number of benzene rings is 2. The third-order valence-corrected chi connectivity index (χ3v) is 6.60. The Hall–Kier alpha value is -2.62. The molecule has 2 aliphatic rings. The van der Waals surface area contributed by atoms with Crippen LogP contribution in [0.2, 0.25) is 0 Å². The van der Waals surface area contributed by atoms with Gasteiger partial charge in [0.2, 0.25) is 5.91 Å².